The van der Waals surface area contributed by atoms with Gasteiger partial charge in [-0.3, -0.25) is 14.4 Å². The molecule has 7 nitrogen and oxygen atoms in total. The Hall–Kier alpha value is -2.75. The second-order valence-electron chi connectivity index (χ2n) is 8.48. The summed E-state index contributed by atoms with van der Waals surface area (Å²) < 4.78 is 4.07. The van der Waals surface area contributed by atoms with Crippen molar-refractivity contribution in [1.82, 2.24) is 9.69 Å². The predicted octanol–water partition coefficient (Wildman–Crippen LogP) is 4.82. The van der Waals surface area contributed by atoms with Crippen LogP contribution >= 0.6 is 34.5 Å². The first-order chi connectivity index (χ1) is 16.5. The summed E-state index contributed by atoms with van der Waals surface area (Å²) >= 11 is 8.60. The number of thiophene rings is 1. The van der Waals surface area contributed by atoms with E-state index in [0.29, 0.717) is 36.0 Å². The summed E-state index contributed by atoms with van der Waals surface area (Å²) in [6.07, 6.45) is 2.94. The number of amides is 3. The van der Waals surface area contributed by atoms with Crippen molar-refractivity contribution in [1.29, 1.82) is 0 Å². The number of nitrogens with one attached hydrogen (secondary N) is 1. The van der Waals surface area contributed by atoms with Crippen LogP contribution in [0.2, 0.25) is 5.15 Å². The van der Waals surface area contributed by atoms with Gasteiger partial charge in [0, 0.05) is 54.6 Å². The molecule has 2 aliphatic rings. The number of hydrogen-bond donors (Lipinski definition) is 1. The highest BCUT2D eigenvalue weighted by Gasteiger charge is 2.31. The highest BCUT2D eigenvalue weighted by atomic mass is 35.5. The average molecular weight is 515 g/mol. The molecule has 1 atom stereocenters. The van der Waals surface area contributed by atoms with Crippen LogP contribution in [-0.2, 0) is 9.59 Å². The number of aromatic nitrogens is 1. The van der Waals surface area contributed by atoms with Gasteiger partial charge in [-0.1, -0.05) is 11.6 Å². The number of benzene rings is 1. The molecule has 3 aromatic rings. The quantitative estimate of drug-likeness (QED) is 0.511. The molecule has 0 spiro atoms. The molecule has 10 heteroatoms. The molecule has 2 aromatic heterocycles. The molecule has 5 rings (SSSR count). The van der Waals surface area contributed by atoms with Gasteiger partial charge in [0.25, 0.3) is 5.91 Å². The molecule has 4 heterocycles. The Labute approximate surface area is 210 Å². The van der Waals surface area contributed by atoms with Crippen LogP contribution in [0.1, 0.15) is 35.4 Å². The van der Waals surface area contributed by atoms with E-state index in [1.165, 1.54) is 22.9 Å². The summed E-state index contributed by atoms with van der Waals surface area (Å²) in [5.41, 5.74) is 1.69. The third kappa shape index (κ3) is 4.87. The van der Waals surface area contributed by atoms with E-state index < -0.39 is 0 Å². The zero-order valence-corrected chi connectivity index (χ0v) is 20.7. The summed E-state index contributed by atoms with van der Waals surface area (Å²) in [7, 11) is 0. The van der Waals surface area contributed by atoms with Crippen molar-refractivity contribution in [3.8, 4) is 9.75 Å². The molecule has 3 amide bonds. The van der Waals surface area contributed by atoms with Gasteiger partial charge < -0.3 is 15.1 Å². The van der Waals surface area contributed by atoms with Crippen LogP contribution < -0.4 is 15.1 Å². The lowest BCUT2D eigenvalue weighted by Gasteiger charge is -2.27. The number of carbonyl (C=O) groups excluding carboxylic acids is 3. The molecular weight excluding hydrogens is 492 g/mol. The van der Waals surface area contributed by atoms with Gasteiger partial charge in [0.15, 0.2) is 0 Å². The minimum atomic E-state index is -0.145. The van der Waals surface area contributed by atoms with Crippen LogP contribution in [0.4, 0.5) is 11.4 Å². The van der Waals surface area contributed by atoms with E-state index >= 15 is 0 Å². The molecule has 0 radical (unpaired) electrons. The van der Waals surface area contributed by atoms with Crippen molar-refractivity contribution < 1.29 is 14.4 Å². The zero-order chi connectivity index (χ0) is 23.7. The fourth-order valence-corrected chi connectivity index (χ4v) is 6.25. The Morgan fingerprint density at radius 1 is 1.03 bits per heavy atom. The topological polar surface area (TPSA) is 82.6 Å². The number of piperidine rings is 1. The summed E-state index contributed by atoms with van der Waals surface area (Å²) in [4.78, 5) is 43.5. The first kappa shape index (κ1) is 23.0. The second-order valence-corrected chi connectivity index (χ2v) is 10.8. The van der Waals surface area contributed by atoms with E-state index in [2.05, 4.69) is 9.69 Å². The zero-order valence-electron chi connectivity index (χ0n) is 18.3. The monoisotopic (exact) mass is 514 g/mol. The summed E-state index contributed by atoms with van der Waals surface area (Å²) in [5.74, 6) is 0.0927. The molecular formula is C24H23ClN4O3S2. The molecule has 2 fully saturated rings. The van der Waals surface area contributed by atoms with Gasteiger partial charge in [-0.25, -0.2) is 0 Å². The van der Waals surface area contributed by atoms with Gasteiger partial charge in [-0.15, -0.1) is 11.3 Å². The Morgan fingerprint density at radius 2 is 1.79 bits per heavy atom. The van der Waals surface area contributed by atoms with Crippen LogP contribution in [0.25, 0.3) is 9.75 Å². The molecule has 176 valence electrons. The normalized spacial score (nSPS) is 18.6. The molecule has 1 unspecified atom stereocenters. The maximum Gasteiger partial charge on any atom is 0.261 e. The highest BCUT2D eigenvalue weighted by Crippen LogP contribution is 2.33. The fraction of sp³-hybridized carbons (Fsp3) is 0.333. The van der Waals surface area contributed by atoms with Crippen molar-refractivity contribution >= 4 is 63.6 Å². The second kappa shape index (κ2) is 9.85. The predicted molar refractivity (Wildman–Crippen MR) is 136 cm³/mol. The molecule has 0 bridgehead atoms. The maximum absolute atomic E-state index is 12.6. The van der Waals surface area contributed by atoms with Crippen molar-refractivity contribution in [2.24, 2.45) is 5.92 Å². The van der Waals surface area contributed by atoms with Crippen LogP contribution in [-0.4, -0.2) is 41.7 Å². The minimum Gasteiger partial charge on any atom is -0.351 e. The molecule has 0 aliphatic carbocycles. The van der Waals surface area contributed by atoms with E-state index in [0.717, 1.165) is 40.5 Å². The molecule has 0 saturated carbocycles. The van der Waals surface area contributed by atoms with E-state index in [4.69, 9.17) is 11.6 Å². The van der Waals surface area contributed by atoms with Crippen LogP contribution in [0.15, 0.2) is 42.5 Å². The first-order valence-electron chi connectivity index (χ1n) is 11.2. The molecule has 34 heavy (non-hydrogen) atoms. The highest BCUT2D eigenvalue weighted by molar-refractivity contribution is 7.21. The SMILES string of the molecule is O=C(NCC1CC(=O)N(c2ccc(N3CCCCC3=O)cc2)C1)c1ccc(-c2cc(Cl)ns2)s1. The van der Waals surface area contributed by atoms with E-state index in [-0.39, 0.29) is 23.6 Å². The van der Waals surface area contributed by atoms with Crippen molar-refractivity contribution in [2.45, 2.75) is 25.7 Å². The minimum absolute atomic E-state index is 0.0412. The van der Waals surface area contributed by atoms with Gasteiger partial charge >= 0.3 is 0 Å². The van der Waals surface area contributed by atoms with Crippen LogP contribution in [0.3, 0.4) is 0 Å². The number of nitrogens with zero attached hydrogens (tertiary/aromatic N) is 3. The van der Waals surface area contributed by atoms with E-state index in [9.17, 15) is 14.4 Å². The Morgan fingerprint density at radius 3 is 2.50 bits per heavy atom. The lowest BCUT2D eigenvalue weighted by Crippen LogP contribution is -2.35. The fourth-order valence-electron chi connectivity index (χ4n) is 4.35. The Bertz CT molecular complexity index is 1220. The van der Waals surface area contributed by atoms with Crippen molar-refractivity contribution in [3.63, 3.8) is 0 Å². The van der Waals surface area contributed by atoms with Crippen LogP contribution in [0.5, 0.6) is 0 Å². The third-order valence-corrected chi connectivity index (χ3v) is 8.47. The number of hydrogen-bond acceptors (Lipinski definition) is 6. The Balaban J connectivity index is 1.17. The van der Waals surface area contributed by atoms with Gasteiger partial charge in [-0.2, -0.15) is 4.37 Å². The smallest absolute Gasteiger partial charge is 0.261 e. The van der Waals surface area contributed by atoms with E-state index in [1.807, 2.05) is 35.2 Å². The third-order valence-electron chi connectivity index (χ3n) is 6.11. The first-order valence-corrected chi connectivity index (χ1v) is 13.2. The molecule has 1 N–H and O–H groups in total. The maximum atomic E-state index is 12.6. The number of anilines is 2. The largest absolute Gasteiger partial charge is 0.351 e. The van der Waals surface area contributed by atoms with Gasteiger partial charge in [-0.05, 0) is 66.8 Å². The van der Waals surface area contributed by atoms with Gasteiger partial charge in [0.2, 0.25) is 11.8 Å². The lowest BCUT2D eigenvalue weighted by molar-refractivity contribution is -0.119. The van der Waals surface area contributed by atoms with E-state index in [1.54, 1.807) is 17.0 Å². The molecule has 2 aliphatic heterocycles. The molecule has 1 aromatic carbocycles. The van der Waals surface area contributed by atoms with Gasteiger partial charge in [0.1, 0.15) is 5.15 Å². The number of halogens is 1. The Kier molecular flexibility index (Phi) is 6.67. The lowest BCUT2D eigenvalue weighted by atomic mass is 10.1. The van der Waals surface area contributed by atoms with Gasteiger partial charge in [0.05, 0.1) is 9.75 Å². The van der Waals surface area contributed by atoms with Crippen molar-refractivity contribution in [3.05, 3.63) is 52.5 Å². The standard InChI is InChI=1S/C24H23ClN4O3S2/c25-21-12-20(34-27-21)18-8-9-19(33-18)24(32)26-13-15-11-23(31)29(14-15)17-6-4-16(5-7-17)28-10-2-1-3-22(28)30/h4-9,12,15H,1-3,10-11,13-14H2,(H,26,32). The molecule has 2 saturated heterocycles. The average Bonchev–Trinajstić information content (AvgIpc) is 3.58. The van der Waals surface area contributed by atoms with Crippen LogP contribution in [0, 0.1) is 5.92 Å². The summed E-state index contributed by atoms with van der Waals surface area (Å²) in [6, 6.07) is 13.1. The number of rotatable bonds is 6. The van der Waals surface area contributed by atoms with Crippen molar-refractivity contribution in [2.75, 3.05) is 29.4 Å². The summed E-state index contributed by atoms with van der Waals surface area (Å²) in [6.45, 7) is 1.73. The number of carbonyl (C=O) groups is 3. The summed E-state index contributed by atoms with van der Waals surface area (Å²) in [5, 5.41) is 3.42.